The molecule has 1 aliphatic rings. The van der Waals surface area contributed by atoms with Gasteiger partial charge in [0.25, 0.3) is 0 Å². The van der Waals surface area contributed by atoms with Crippen molar-refractivity contribution in [3.05, 3.63) is 35.8 Å². The molecule has 3 N–H and O–H groups in total. The van der Waals surface area contributed by atoms with Crippen molar-refractivity contribution in [1.29, 1.82) is 0 Å². The van der Waals surface area contributed by atoms with Crippen molar-refractivity contribution in [2.75, 3.05) is 26.2 Å². The summed E-state index contributed by atoms with van der Waals surface area (Å²) in [5.41, 5.74) is 1.87. The van der Waals surface area contributed by atoms with Gasteiger partial charge < -0.3 is 20.4 Å². The van der Waals surface area contributed by atoms with Crippen LogP contribution in [0, 0.1) is 5.82 Å². The van der Waals surface area contributed by atoms with E-state index in [-0.39, 0.29) is 11.4 Å². The molecule has 0 bridgehead atoms. The Hall–Kier alpha value is -2.08. The van der Waals surface area contributed by atoms with Crippen molar-refractivity contribution in [3.8, 4) is 0 Å². The molecule has 0 spiro atoms. The van der Waals surface area contributed by atoms with Crippen molar-refractivity contribution in [2.45, 2.75) is 38.7 Å². The lowest BCUT2D eigenvalue weighted by atomic mass is 10.0. The van der Waals surface area contributed by atoms with Crippen LogP contribution < -0.4 is 10.6 Å². The molecule has 25 heavy (non-hydrogen) atoms. The first kappa shape index (κ1) is 17.7. The smallest absolute Gasteiger partial charge is 0.191 e. The maximum Gasteiger partial charge on any atom is 0.191 e. The van der Waals surface area contributed by atoms with Gasteiger partial charge in [-0.3, -0.25) is 4.99 Å². The minimum Gasteiger partial charge on any atom is -0.373 e. The molecule has 1 aromatic carbocycles. The number of ether oxygens (including phenoxy) is 1. The number of guanidine groups is 1. The van der Waals surface area contributed by atoms with E-state index in [4.69, 9.17) is 4.74 Å². The summed E-state index contributed by atoms with van der Waals surface area (Å²) in [4.78, 5) is 7.80. The number of benzene rings is 1. The normalized spacial score (nSPS) is 21.0. The van der Waals surface area contributed by atoms with E-state index in [1.165, 1.54) is 17.7 Å². The van der Waals surface area contributed by atoms with Gasteiger partial charge in [0, 0.05) is 36.8 Å². The molecule has 6 heteroatoms. The van der Waals surface area contributed by atoms with E-state index in [2.05, 4.69) is 34.5 Å². The quantitative estimate of drug-likeness (QED) is 0.557. The van der Waals surface area contributed by atoms with E-state index < -0.39 is 0 Å². The molecule has 1 aromatic heterocycles. The highest BCUT2D eigenvalue weighted by molar-refractivity contribution is 5.83. The van der Waals surface area contributed by atoms with Crippen molar-refractivity contribution in [3.63, 3.8) is 0 Å². The summed E-state index contributed by atoms with van der Waals surface area (Å²) in [6, 6.07) is 4.86. The van der Waals surface area contributed by atoms with Crippen LogP contribution in [0.2, 0.25) is 0 Å². The molecular weight excluding hydrogens is 319 g/mol. The molecule has 3 rings (SSSR count). The van der Waals surface area contributed by atoms with Gasteiger partial charge in [0.05, 0.1) is 12.1 Å². The van der Waals surface area contributed by atoms with Gasteiger partial charge in [-0.2, -0.15) is 0 Å². The highest BCUT2D eigenvalue weighted by Gasteiger charge is 2.29. The summed E-state index contributed by atoms with van der Waals surface area (Å²) in [5, 5.41) is 7.71. The average Bonchev–Trinajstić information content (AvgIpc) is 3.19. The summed E-state index contributed by atoms with van der Waals surface area (Å²) >= 11 is 0. The molecule has 2 heterocycles. The number of nitrogens with one attached hydrogen (secondary N) is 3. The van der Waals surface area contributed by atoms with Gasteiger partial charge in [0.1, 0.15) is 5.82 Å². The second-order valence-electron chi connectivity index (χ2n) is 6.78. The molecule has 1 saturated heterocycles. The zero-order chi connectivity index (χ0) is 17.7. The van der Waals surface area contributed by atoms with E-state index in [0.717, 1.165) is 55.8 Å². The van der Waals surface area contributed by atoms with Crippen LogP contribution in [0.1, 0.15) is 32.3 Å². The van der Waals surface area contributed by atoms with Crippen LogP contribution in [-0.4, -0.2) is 42.8 Å². The second-order valence-corrected chi connectivity index (χ2v) is 6.78. The van der Waals surface area contributed by atoms with Crippen molar-refractivity contribution in [1.82, 2.24) is 15.6 Å². The second kappa shape index (κ2) is 7.87. The number of H-pyrrole nitrogens is 1. The topological polar surface area (TPSA) is 61.4 Å². The number of hydrogen-bond donors (Lipinski definition) is 3. The van der Waals surface area contributed by atoms with Crippen LogP contribution in [0.25, 0.3) is 10.9 Å². The molecule has 136 valence electrons. The lowest BCUT2D eigenvalue weighted by Gasteiger charge is -2.21. The molecule has 1 aliphatic heterocycles. The standard InChI is InChI=1S/C19H27FN4O/c1-3-21-18(24-13-19(2)8-4-10-25-19)22-9-7-14-12-23-17-11-15(20)5-6-16(14)17/h5-6,11-12,23H,3-4,7-10,13H2,1-2H3,(H2,21,22,24). The fraction of sp³-hybridized carbons (Fsp3) is 0.526. The maximum atomic E-state index is 13.3. The summed E-state index contributed by atoms with van der Waals surface area (Å²) < 4.78 is 19.1. The highest BCUT2D eigenvalue weighted by Crippen LogP contribution is 2.25. The van der Waals surface area contributed by atoms with Gasteiger partial charge in [-0.05, 0) is 56.9 Å². The van der Waals surface area contributed by atoms with Crippen LogP contribution in [0.5, 0.6) is 0 Å². The Labute approximate surface area is 148 Å². The zero-order valence-electron chi connectivity index (χ0n) is 15.0. The molecule has 1 atom stereocenters. The minimum atomic E-state index is -0.219. The van der Waals surface area contributed by atoms with Gasteiger partial charge in [-0.1, -0.05) is 0 Å². The van der Waals surface area contributed by atoms with E-state index in [1.807, 2.05) is 12.3 Å². The van der Waals surface area contributed by atoms with Crippen LogP contribution in [-0.2, 0) is 11.2 Å². The Morgan fingerprint density at radius 2 is 2.28 bits per heavy atom. The number of rotatable bonds is 6. The third-order valence-electron chi connectivity index (χ3n) is 4.63. The van der Waals surface area contributed by atoms with Gasteiger partial charge >= 0.3 is 0 Å². The SMILES string of the molecule is CCNC(=NCC1(C)CCCO1)NCCc1c[nH]c2cc(F)ccc12. The van der Waals surface area contributed by atoms with E-state index in [1.54, 1.807) is 0 Å². The number of aromatic amines is 1. The lowest BCUT2D eigenvalue weighted by Crippen LogP contribution is -2.40. The lowest BCUT2D eigenvalue weighted by molar-refractivity contribution is 0.0283. The number of nitrogens with zero attached hydrogens (tertiary/aromatic N) is 1. The number of halogens is 1. The number of aliphatic imine (C=N–C) groups is 1. The monoisotopic (exact) mass is 346 g/mol. The third kappa shape index (κ3) is 4.51. The molecule has 0 amide bonds. The summed E-state index contributed by atoms with van der Waals surface area (Å²) in [6.07, 6.45) is 4.95. The summed E-state index contributed by atoms with van der Waals surface area (Å²) in [6.45, 7) is 7.24. The Morgan fingerprint density at radius 1 is 1.40 bits per heavy atom. The number of hydrogen-bond acceptors (Lipinski definition) is 2. The molecule has 5 nitrogen and oxygen atoms in total. The third-order valence-corrected chi connectivity index (χ3v) is 4.63. The van der Waals surface area contributed by atoms with Crippen molar-refractivity contribution >= 4 is 16.9 Å². The molecule has 0 saturated carbocycles. The van der Waals surface area contributed by atoms with E-state index >= 15 is 0 Å². The number of fused-ring (bicyclic) bond motifs is 1. The first-order chi connectivity index (χ1) is 12.1. The molecule has 0 aliphatic carbocycles. The molecule has 0 radical (unpaired) electrons. The molecule has 1 fully saturated rings. The van der Waals surface area contributed by atoms with E-state index in [9.17, 15) is 4.39 Å². The van der Waals surface area contributed by atoms with E-state index in [0.29, 0.717) is 6.54 Å². The van der Waals surface area contributed by atoms with Crippen LogP contribution in [0.3, 0.4) is 0 Å². The summed E-state index contributed by atoms with van der Waals surface area (Å²) in [5.74, 6) is 0.591. The molecule has 2 aromatic rings. The summed E-state index contributed by atoms with van der Waals surface area (Å²) in [7, 11) is 0. The minimum absolute atomic E-state index is 0.136. The largest absolute Gasteiger partial charge is 0.373 e. The van der Waals surface area contributed by atoms with Crippen molar-refractivity contribution < 1.29 is 9.13 Å². The Kier molecular flexibility index (Phi) is 5.58. The predicted octanol–water partition coefficient (Wildman–Crippen LogP) is 2.97. The highest BCUT2D eigenvalue weighted by atomic mass is 19.1. The zero-order valence-corrected chi connectivity index (χ0v) is 15.0. The van der Waals surface area contributed by atoms with Crippen LogP contribution in [0.15, 0.2) is 29.4 Å². The Bertz CT molecular complexity index is 734. The van der Waals surface area contributed by atoms with Crippen LogP contribution in [0.4, 0.5) is 4.39 Å². The van der Waals surface area contributed by atoms with Crippen molar-refractivity contribution in [2.24, 2.45) is 4.99 Å². The van der Waals surface area contributed by atoms with Gasteiger partial charge in [0.15, 0.2) is 5.96 Å². The van der Waals surface area contributed by atoms with Gasteiger partial charge in [-0.15, -0.1) is 0 Å². The molecular formula is C19H27FN4O. The average molecular weight is 346 g/mol. The fourth-order valence-electron chi connectivity index (χ4n) is 3.23. The first-order valence-corrected chi connectivity index (χ1v) is 9.01. The Morgan fingerprint density at radius 3 is 3.04 bits per heavy atom. The fourth-order valence-corrected chi connectivity index (χ4v) is 3.23. The van der Waals surface area contributed by atoms with Crippen LogP contribution >= 0.6 is 0 Å². The maximum absolute atomic E-state index is 13.3. The molecule has 1 unspecified atom stereocenters. The van der Waals surface area contributed by atoms with Gasteiger partial charge in [0.2, 0.25) is 0 Å². The first-order valence-electron chi connectivity index (χ1n) is 9.01. The number of aromatic nitrogens is 1. The predicted molar refractivity (Wildman–Crippen MR) is 99.5 cm³/mol. The van der Waals surface area contributed by atoms with Gasteiger partial charge in [-0.25, -0.2) is 4.39 Å². The Balaban J connectivity index is 1.57.